The van der Waals surface area contributed by atoms with Gasteiger partial charge in [0.1, 0.15) is 18.8 Å². The number of nitrogens with two attached hydrogens (primary N) is 1. The molecule has 226 valence electrons. The highest BCUT2D eigenvalue weighted by molar-refractivity contribution is 5.79. The van der Waals surface area contributed by atoms with E-state index in [1.807, 2.05) is 27.7 Å². The van der Waals surface area contributed by atoms with E-state index in [0.29, 0.717) is 18.4 Å². The molecule has 5 atom stereocenters. The van der Waals surface area contributed by atoms with Gasteiger partial charge in [-0.25, -0.2) is 4.79 Å². The van der Waals surface area contributed by atoms with Crippen molar-refractivity contribution in [3.63, 3.8) is 0 Å². The van der Waals surface area contributed by atoms with Crippen LogP contribution in [0.2, 0.25) is 0 Å². The number of carbonyl (C=O) groups is 4. The Morgan fingerprint density at radius 1 is 0.775 bits per heavy atom. The second kappa shape index (κ2) is 18.3. The lowest BCUT2D eigenvalue weighted by Crippen LogP contribution is -2.37. The first-order valence-corrected chi connectivity index (χ1v) is 14.2. The monoisotopic (exact) mass is 565 g/mol. The molecule has 0 heterocycles. The number of hydrogen-bond acceptors (Lipinski definition) is 10. The van der Waals surface area contributed by atoms with Gasteiger partial charge < -0.3 is 29.4 Å². The third kappa shape index (κ3) is 12.8. The molecular weight excluding hydrogens is 518 g/mol. The maximum absolute atomic E-state index is 12.6. The average molecular weight is 566 g/mol. The van der Waals surface area contributed by atoms with E-state index in [1.54, 1.807) is 26.8 Å². The quantitative estimate of drug-likeness (QED) is 0.194. The first kappa shape index (κ1) is 34.9. The molecule has 0 amide bonds. The van der Waals surface area contributed by atoms with Gasteiger partial charge in [0.2, 0.25) is 0 Å². The van der Waals surface area contributed by atoms with Gasteiger partial charge in [-0.2, -0.15) is 0 Å². The van der Waals surface area contributed by atoms with Crippen molar-refractivity contribution in [1.29, 1.82) is 0 Å². The summed E-state index contributed by atoms with van der Waals surface area (Å²) in [6.45, 7) is 13.1. The lowest BCUT2D eigenvalue weighted by atomic mass is 10.0. The minimum Gasteiger partial charge on any atom is -0.458 e. The van der Waals surface area contributed by atoms with Crippen LogP contribution in [0.3, 0.4) is 0 Å². The van der Waals surface area contributed by atoms with E-state index in [4.69, 9.17) is 29.4 Å². The highest BCUT2D eigenvalue weighted by Crippen LogP contribution is 2.31. The molecule has 3 unspecified atom stereocenters. The Morgan fingerprint density at radius 2 is 1.32 bits per heavy atom. The van der Waals surface area contributed by atoms with Gasteiger partial charge in [-0.3, -0.25) is 14.4 Å². The number of ether oxygens (including phenoxy) is 5. The summed E-state index contributed by atoms with van der Waals surface area (Å²) in [5.74, 6) is -1.80. The summed E-state index contributed by atoms with van der Waals surface area (Å²) in [5.41, 5.74) is 6.66. The molecule has 0 aliphatic heterocycles. The van der Waals surface area contributed by atoms with Gasteiger partial charge in [0.15, 0.2) is 11.5 Å². The zero-order valence-electron chi connectivity index (χ0n) is 25.0. The Bertz CT molecular complexity index is 964. The SMILES string of the molecule is CCCC(C)C(=O)Oc1ccc(C[C@H](N)C(=O)O[C@@H](C)COC(=O)OCC(C)CC)cc1OC(=O)C(C)CCC. The van der Waals surface area contributed by atoms with Gasteiger partial charge in [-0.05, 0) is 49.8 Å². The van der Waals surface area contributed by atoms with Crippen molar-refractivity contribution in [2.45, 2.75) is 99.1 Å². The molecule has 40 heavy (non-hydrogen) atoms. The summed E-state index contributed by atoms with van der Waals surface area (Å²) >= 11 is 0. The Labute approximate surface area is 238 Å². The predicted octanol–water partition coefficient (Wildman–Crippen LogP) is 5.37. The number of rotatable bonds is 17. The smallest absolute Gasteiger partial charge is 0.458 e. The standard InChI is InChI=1S/C30H47NO9/c1-8-11-20(5)27(32)39-25-14-13-23(16-26(25)40-28(33)21(6)12-9-2)15-24(31)29(34)38-22(7)18-37-30(35)36-17-19(4)10-3/h13-14,16,19-22,24H,8-12,15,17-18,31H2,1-7H3/t19?,20?,21?,22-,24-/m0/s1. The van der Waals surface area contributed by atoms with E-state index in [1.165, 1.54) is 12.1 Å². The molecule has 1 aromatic carbocycles. The summed E-state index contributed by atoms with van der Waals surface area (Å²) in [7, 11) is 0. The van der Waals surface area contributed by atoms with Crippen molar-refractivity contribution in [3.8, 4) is 11.5 Å². The minimum atomic E-state index is -1.04. The van der Waals surface area contributed by atoms with Crippen molar-refractivity contribution in [1.82, 2.24) is 0 Å². The van der Waals surface area contributed by atoms with Crippen LogP contribution in [-0.2, 0) is 35.0 Å². The number of carbonyl (C=O) groups excluding carboxylic acids is 4. The molecule has 1 aromatic rings. The largest absolute Gasteiger partial charge is 0.508 e. The van der Waals surface area contributed by atoms with E-state index in [0.717, 1.165) is 19.3 Å². The van der Waals surface area contributed by atoms with Crippen LogP contribution >= 0.6 is 0 Å². The lowest BCUT2D eigenvalue weighted by molar-refractivity contribution is -0.152. The molecule has 0 radical (unpaired) electrons. The molecule has 0 aliphatic carbocycles. The fourth-order valence-electron chi connectivity index (χ4n) is 3.58. The number of esters is 3. The van der Waals surface area contributed by atoms with Gasteiger partial charge >= 0.3 is 24.1 Å². The van der Waals surface area contributed by atoms with Crippen molar-refractivity contribution >= 4 is 24.1 Å². The molecule has 10 nitrogen and oxygen atoms in total. The van der Waals surface area contributed by atoms with E-state index in [-0.39, 0.29) is 48.9 Å². The summed E-state index contributed by atoms with van der Waals surface area (Å²) in [6.07, 6.45) is 2.32. The molecule has 0 saturated carbocycles. The molecule has 0 aliphatic rings. The summed E-state index contributed by atoms with van der Waals surface area (Å²) in [6, 6.07) is 3.67. The van der Waals surface area contributed by atoms with Gasteiger partial charge in [0, 0.05) is 0 Å². The highest BCUT2D eigenvalue weighted by Gasteiger charge is 2.24. The van der Waals surface area contributed by atoms with Gasteiger partial charge in [0.05, 0.1) is 18.4 Å². The normalized spacial score (nSPS) is 14.7. The summed E-state index contributed by atoms with van der Waals surface area (Å²) in [4.78, 5) is 49.4. The van der Waals surface area contributed by atoms with Gasteiger partial charge in [-0.15, -0.1) is 0 Å². The fourth-order valence-corrected chi connectivity index (χ4v) is 3.58. The lowest BCUT2D eigenvalue weighted by Gasteiger charge is -2.18. The molecule has 0 saturated heterocycles. The molecule has 0 aromatic heterocycles. The number of hydrogen-bond donors (Lipinski definition) is 1. The van der Waals surface area contributed by atoms with Crippen LogP contribution in [0, 0.1) is 17.8 Å². The van der Waals surface area contributed by atoms with Crippen LogP contribution in [0.25, 0.3) is 0 Å². The van der Waals surface area contributed by atoms with Crippen LogP contribution < -0.4 is 15.2 Å². The zero-order valence-corrected chi connectivity index (χ0v) is 25.0. The molecule has 0 bridgehead atoms. The highest BCUT2D eigenvalue weighted by atomic mass is 16.7. The van der Waals surface area contributed by atoms with Gasteiger partial charge in [-0.1, -0.05) is 66.9 Å². The fraction of sp³-hybridized carbons (Fsp3) is 0.667. The van der Waals surface area contributed by atoms with Crippen molar-refractivity contribution in [2.75, 3.05) is 13.2 Å². The Balaban J connectivity index is 2.86. The Hall–Kier alpha value is -3.14. The number of benzene rings is 1. The molecule has 0 spiro atoms. The molecule has 0 fully saturated rings. The van der Waals surface area contributed by atoms with E-state index < -0.39 is 36.2 Å². The van der Waals surface area contributed by atoms with Crippen LogP contribution in [-0.4, -0.2) is 49.4 Å². The van der Waals surface area contributed by atoms with Crippen LogP contribution in [0.4, 0.5) is 4.79 Å². The third-order valence-electron chi connectivity index (χ3n) is 6.37. The van der Waals surface area contributed by atoms with Crippen LogP contribution in [0.15, 0.2) is 18.2 Å². The van der Waals surface area contributed by atoms with E-state index >= 15 is 0 Å². The maximum Gasteiger partial charge on any atom is 0.508 e. The second-order valence-corrected chi connectivity index (χ2v) is 10.4. The van der Waals surface area contributed by atoms with Crippen LogP contribution in [0.1, 0.15) is 86.1 Å². The molecule has 1 rings (SSSR count). The van der Waals surface area contributed by atoms with E-state index in [2.05, 4.69) is 0 Å². The van der Waals surface area contributed by atoms with Crippen molar-refractivity contribution in [2.24, 2.45) is 23.5 Å². The zero-order chi connectivity index (χ0) is 30.2. The summed E-state index contributed by atoms with van der Waals surface area (Å²) < 4.78 is 26.5. The molecule has 10 heteroatoms. The third-order valence-corrected chi connectivity index (χ3v) is 6.37. The second-order valence-electron chi connectivity index (χ2n) is 10.4. The first-order valence-electron chi connectivity index (χ1n) is 14.2. The average Bonchev–Trinajstić information content (AvgIpc) is 2.91. The van der Waals surface area contributed by atoms with Crippen molar-refractivity contribution < 1.29 is 42.9 Å². The van der Waals surface area contributed by atoms with Crippen molar-refractivity contribution in [3.05, 3.63) is 23.8 Å². The Morgan fingerprint density at radius 3 is 1.88 bits per heavy atom. The van der Waals surface area contributed by atoms with Gasteiger partial charge in [0.25, 0.3) is 0 Å². The maximum atomic E-state index is 12.6. The predicted molar refractivity (Wildman–Crippen MR) is 150 cm³/mol. The Kier molecular flexibility index (Phi) is 15.9. The first-order chi connectivity index (χ1) is 18.9. The molecule has 2 N–H and O–H groups in total. The molecular formula is C30H47NO9. The van der Waals surface area contributed by atoms with E-state index in [9.17, 15) is 19.2 Å². The topological polar surface area (TPSA) is 140 Å². The summed E-state index contributed by atoms with van der Waals surface area (Å²) in [5, 5.41) is 0. The van der Waals surface area contributed by atoms with Crippen LogP contribution in [0.5, 0.6) is 11.5 Å². The minimum absolute atomic E-state index is 0.0683.